The molecule has 0 aliphatic rings. The Kier molecular flexibility index (Phi) is 2.83. The van der Waals surface area contributed by atoms with E-state index in [1.165, 1.54) is 12.1 Å². The van der Waals surface area contributed by atoms with Gasteiger partial charge in [0.15, 0.2) is 5.65 Å². The Morgan fingerprint density at radius 2 is 2.06 bits per heavy atom. The van der Waals surface area contributed by atoms with Crippen molar-refractivity contribution in [3.05, 3.63) is 64.3 Å². The van der Waals surface area contributed by atoms with E-state index in [-0.39, 0.29) is 5.82 Å². The highest BCUT2D eigenvalue weighted by atomic mass is 79.9. The van der Waals surface area contributed by atoms with Gasteiger partial charge in [0.25, 0.3) is 0 Å². The van der Waals surface area contributed by atoms with Crippen LogP contribution in [0.2, 0.25) is 0 Å². The van der Waals surface area contributed by atoms with Crippen molar-refractivity contribution in [2.24, 2.45) is 0 Å². The number of aromatic nitrogens is 3. The molecule has 2 aromatic heterocycles. The molecule has 0 atom stereocenters. The number of nitrogens with zero attached hydrogens (tertiary/aromatic N) is 3. The maximum atomic E-state index is 13.1. The lowest BCUT2D eigenvalue weighted by Gasteiger charge is -2.01. The minimum atomic E-state index is -0.234. The van der Waals surface area contributed by atoms with Gasteiger partial charge in [0, 0.05) is 12.6 Å². The monoisotopic (exact) mass is 305 g/mol. The van der Waals surface area contributed by atoms with Crippen molar-refractivity contribution in [1.82, 2.24) is 14.6 Å². The van der Waals surface area contributed by atoms with Gasteiger partial charge in [0.1, 0.15) is 11.6 Å². The second-order valence-electron chi connectivity index (χ2n) is 3.97. The van der Waals surface area contributed by atoms with Crippen LogP contribution in [0, 0.1) is 5.82 Å². The highest BCUT2D eigenvalue weighted by molar-refractivity contribution is 9.10. The van der Waals surface area contributed by atoms with Crippen molar-refractivity contribution in [3.8, 4) is 0 Å². The first-order valence-corrected chi connectivity index (χ1v) is 6.26. The molecule has 0 N–H and O–H groups in total. The van der Waals surface area contributed by atoms with E-state index in [1.807, 2.05) is 28.8 Å². The molecule has 0 saturated carbocycles. The first-order chi connectivity index (χ1) is 8.74. The van der Waals surface area contributed by atoms with E-state index in [9.17, 15) is 4.39 Å². The van der Waals surface area contributed by atoms with Crippen LogP contribution in [0.25, 0.3) is 5.65 Å². The van der Waals surface area contributed by atoms with Crippen LogP contribution in [0.1, 0.15) is 11.4 Å². The van der Waals surface area contributed by atoms with Crippen LogP contribution in [0.4, 0.5) is 4.39 Å². The van der Waals surface area contributed by atoms with Crippen LogP contribution < -0.4 is 0 Å². The molecule has 0 aliphatic carbocycles. The second kappa shape index (κ2) is 4.49. The van der Waals surface area contributed by atoms with Gasteiger partial charge >= 0.3 is 0 Å². The molecule has 3 nitrogen and oxygen atoms in total. The Hall–Kier alpha value is -1.75. The van der Waals surface area contributed by atoms with Crippen LogP contribution in [0.5, 0.6) is 0 Å². The lowest BCUT2D eigenvalue weighted by Crippen LogP contribution is -1.96. The van der Waals surface area contributed by atoms with E-state index in [0.717, 1.165) is 21.5 Å². The van der Waals surface area contributed by atoms with E-state index in [2.05, 4.69) is 26.1 Å². The first kappa shape index (κ1) is 11.3. The third kappa shape index (κ3) is 2.01. The summed E-state index contributed by atoms with van der Waals surface area (Å²) in [4.78, 5) is 0. The molecule has 90 valence electrons. The smallest absolute Gasteiger partial charge is 0.175 e. The van der Waals surface area contributed by atoms with Gasteiger partial charge in [-0.25, -0.2) is 4.39 Å². The Balaban J connectivity index is 2.03. The molecule has 0 fully saturated rings. The molecular weight excluding hydrogens is 297 g/mol. The van der Waals surface area contributed by atoms with Crippen molar-refractivity contribution < 1.29 is 4.39 Å². The van der Waals surface area contributed by atoms with Gasteiger partial charge in [-0.05, 0) is 45.8 Å². The zero-order valence-electron chi connectivity index (χ0n) is 9.35. The maximum absolute atomic E-state index is 13.1. The molecule has 0 unspecified atom stereocenters. The Bertz CT molecular complexity index is 708. The molecule has 0 saturated heterocycles. The maximum Gasteiger partial charge on any atom is 0.175 e. The molecule has 18 heavy (non-hydrogen) atoms. The molecular formula is C13H9BrFN3. The van der Waals surface area contributed by atoms with Crippen LogP contribution in [-0.2, 0) is 6.42 Å². The summed E-state index contributed by atoms with van der Waals surface area (Å²) in [6.45, 7) is 0. The Morgan fingerprint density at radius 3 is 2.89 bits per heavy atom. The van der Waals surface area contributed by atoms with Gasteiger partial charge in [-0.2, -0.15) is 0 Å². The van der Waals surface area contributed by atoms with E-state index >= 15 is 0 Å². The average Bonchev–Trinajstić information content (AvgIpc) is 2.74. The standard InChI is InChI=1S/C13H9BrFN3/c14-11-5-2-6-18-12(16-17-13(11)18)8-9-3-1-4-10(15)7-9/h1-7H,8H2. The summed E-state index contributed by atoms with van der Waals surface area (Å²) < 4.78 is 15.9. The van der Waals surface area contributed by atoms with Gasteiger partial charge in [-0.3, -0.25) is 4.40 Å². The fourth-order valence-electron chi connectivity index (χ4n) is 1.88. The molecule has 5 heteroatoms. The minimum Gasteiger partial charge on any atom is -0.285 e. The van der Waals surface area contributed by atoms with Gasteiger partial charge < -0.3 is 0 Å². The summed E-state index contributed by atoms with van der Waals surface area (Å²) in [5, 5.41) is 8.25. The highest BCUT2D eigenvalue weighted by Crippen LogP contribution is 2.17. The normalized spacial score (nSPS) is 11.0. The zero-order chi connectivity index (χ0) is 12.5. The number of halogens is 2. The zero-order valence-corrected chi connectivity index (χ0v) is 10.9. The minimum absolute atomic E-state index is 0.234. The van der Waals surface area contributed by atoms with Crippen molar-refractivity contribution in [1.29, 1.82) is 0 Å². The fraction of sp³-hybridized carbons (Fsp3) is 0.0769. The third-order valence-electron chi connectivity index (χ3n) is 2.71. The van der Waals surface area contributed by atoms with Crippen LogP contribution in [0.15, 0.2) is 47.1 Å². The molecule has 3 aromatic rings. The van der Waals surface area contributed by atoms with E-state index in [4.69, 9.17) is 0 Å². The number of fused-ring (bicyclic) bond motifs is 1. The molecule has 0 amide bonds. The molecule has 1 aromatic carbocycles. The summed E-state index contributed by atoms with van der Waals surface area (Å²) in [5.74, 6) is 0.555. The molecule has 3 rings (SSSR count). The van der Waals surface area contributed by atoms with Gasteiger partial charge in [-0.1, -0.05) is 12.1 Å². The SMILES string of the molecule is Fc1cccc(Cc2nnc3c(Br)cccn23)c1. The molecule has 0 aliphatic heterocycles. The van der Waals surface area contributed by atoms with E-state index in [1.54, 1.807) is 6.07 Å². The lowest BCUT2D eigenvalue weighted by atomic mass is 10.1. The number of hydrogen-bond acceptors (Lipinski definition) is 2. The average molecular weight is 306 g/mol. The summed E-state index contributed by atoms with van der Waals surface area (Å²) in [6, 6.07) is 10.3. The van der Waals surface area contributed by atoms with Crippen LogP contribution in [0.3, 0.4) is 0 Å². The number of pyridine rings is 1. The van der Waals surface area contributed by atoms with Crippen LogP contribution in [-0.4, -0.2) is 14.6 Å². The van der Waals surface area contributed by atoms with Crippen molar-refractivity contribution >= 4 is 21.6 Å². The predicted octanol–water partition coefficient (Wildman–Crippen LogP) is 3.22. The number of benzene rings is 1. The fourth-order valence-corrected chi connectivity index (χ4v) is 2.30. The largest absolute Gasteiger partial charge is 0.285 e. The summed E-state index contributed by atoms with van der Waals surface area (Å²) in [7, 11) is 0. The second-order valence-corrected chi connectivity index (χ2v) is 4.83. The third-order valence-corrected chi connectivity index (χ3v) is 3.33. The number of rotatable bonds is 2. The Morgan fingerprint density at radius 1 is 1.17 bits per heavy atom. The van der Waals surface area contributed by atoms with Crippen molar-refractivity contribution in [2.75, 3.05) is 0 Å². The topological polar surface area (TPSA) is 30.2 Å². The highest BCUT2D eigenvalue weighted by Gasteiger charge is 2.08. The van der Waals surface area contributed by atoms with Crippen molar-refractivity contribution in [3.63, 3.8) is 0 Å². The van der Waals surface area contributed by atoms with Crippen LogP contribution >= 0.6 is 15.9 Å². The first-order valence-electron chi connectivity index (χ1n) is 5.46. The number of hydrogen-bond donors (Lipinski definition) is 0. The lowest BCUT2D eigenvalue weighted by molar-refractivity contribution is 0.625. The van der Waals surface area contributed by atoms with Gasteiger partial charge in [-0.15, -0.1) is 10.2 Å². The van der Waals surface area contributed by atoms with E-state index < -0.39 is 0 Å². The summed E-state index contributed by atoms with van der Waals surface area (Å²) >= 11 is 3.42. The molecule has 0 spiro atoms. The summed E-state index contributed by atoms with van der Waals surface area (Å²) in [5.41, 5.74) is 1.65. The molecule has 0 bridgehead atoms. The quantitative estimate of drug-likeness (QED) is 0.727. The van der Waals surface area contributed by atoms with E-state index in [0.29, 0.717) is 6.42 Å². The van der Waals surface area contributed by atoms with Crippen molar-refractivity contribution in [2.45, 2.75) is 6.42 Å². The molecule has 2 heterocycles. The summed E-state index contributed by atoms with van der Waals surface area (Å²) in [6.07, 6.45) is 2.45. The Labute approximate surface area is 111 Å². The van der Waals surface area contributed by atoms with Gasteiger partial charge in [0.2, 0.25) is 0 Å². The van der Waals surface area contributed by atoms with Gasteiger partial charge in [0.05, 0.1) is 4.47 Å². The predicted molar refractivity (Wildman–Crippen MR) is 69.9 cm³/mol. The molecule has 0 radical (unpaired) electrons.